The predicted molar refractivity (Wildman–Crippen MR) is 147 cm³/mol. The highest BCUT2D eigenvalue weighted by molar-refractivity contribution is 6.42. The molecular formula is C26H26Cl2F3N7O2. The van der Waals surface area contributed by atoms with Crippen molar-refractivity contribution in [2.75, 3.05) is 31.6 Å². The van der Waals surface area contributed by atoms with Crippen molar-refractivity contribution in [3.05, 3.63) is 58.1 Å². The number of likely N-dealkylation sites (N-methyl/N-ethyl adjacent to an activating group) is 1. The average Bonchev–Trinajstić information content (AvgIpc) is 3.56. The molecule has 1 unspecified atom stereocenters. The lowest BCUT2D eigenvalue weighted by molar-refractivity contribution is -0.153. The van der Waals surface area contributed by atoms with Crippen LogP contribution in [0.15, 0.2) is 52.6 Å². The number of anilines is 1. The average molecular weight is 596 g/mol. The Morgan fingerprint density at radius 1 is 1.25 bits per heavy atom. The number of amides is 1. The molecule has 2 heterocycles. The van der Waals surface area contributed by atoms with Gasteiger partial charge in [-0.3, -0.25) is 9.69 Å². The van der Waals surface area contributed by atoms with Crippen LogP contribution >= 0.6 is 23.2 Å². The van der Waals surface area contributed by atoms with Crippen molar-refractivity contribution in [1.29, 1.82) is 5.26 Å². The first kappa shape index (κ1) is 29.5. The van der Waals surface area contributed by atoms with Crippen LogP contribution in [0.3, 0.4) is 0 Å². The number of rotatable bonds is 7. The van der Waals surface area contributed by atoms with Crippen LogP contribution in [0.25, 0.3) is 0 Å². The summed E-state index contributed by atoms with van der Waals surface area (Å²) in [5, 5.41) is 22.0. The molecule has 0 saturated carbocycles. The monoisotopic (exact) mass is 595 g/mol. The molecule has 1 saturated heterocycles. The number of nitriles is 1. The first-order valence-corrected chi connectivity index (χ1v) is 13.2. The van der Waals surface area contributed by atoms with Gasteiger partial charge in [0.2, 0.25) is 18.1 Å². The fraction of sp³-hybridized carbons (Fsp3) is 0.385. The van der Waals surface area contributed by atoms with E-state index in [2.05, 4.69) is 25.6 Å². The van der Waals surface area contributed by atoms with Gasteiger partial charge in [0.05, 0.1) is 34.4 Å². The number of nitrogens with zero attached hydrogens (tertiary/aromatic N) is 5. The van der Waals surface area contributed by atoms with E-state index < -0.39 is 18.8 Å². The molecule has 4 rings (SSSR count). The largest absolute Gasteiger partial charge is 0.484 e. The molecule has 40 heavy (non-hydrogen) atoms. The second kappa shape index (κ2) is 12.8. The zero-order valence-corrected chi connectivity index (χ0v) is 22.9. The number of nitrogens with one attached hydrogen (secondary N) is 2. The summed E-state index contributed by atoms with van der Waals surface area (Å²) >= 11 is 12.4. The zero-order valence-electron chi connectivity index (χ0n) is 21.4. The Balaban J connectivity index is 1.59. The van der Waals surface area contributed by atoms with Gasteiger partial charge in [-0.05, 0) is 50.2 Å². The quantitative estimate of drug-likeness (QED) is 0.269. The normalized spacial score (nSPS) is 19.8. The minimum atomic E-state index is -4.49. The van der Waals surface area contributed by atoms with Crippen LogP contribution in [0.1, 0.15) is 25.3 Å². The van der Waals surface area contributed by atoms with Crippen LogP contribution < -0.4 is 15.4 Å². The van der Waals surface area contributed by atoms with Crippen molar-refractivity contribution in [1.82, 2.24) is 15.2 Å². The Bertz CT molecular complexity index is 1350. The number of carbonyl (C=O) groups excluding carboxylic acids is 1. The fourth-order valence-electron chi connectivity index (χ4n) is 4.59. The lowest BCUT2D eigenvalue weighted by atomic mass is 10.0. The fourth-order valence-corrected chi connectivity index (χ4v) is 4.89. The van der Waals surface area contributed by atoms with E-state index in [1.807, 2.05) is 6.92 Å². The van der Waals surface area contributed by atoms with Gasteiger partial charge in [-0.2, -0.15) is 23.5 Å². The van der Waals surface area contributed by atoms with Crippen molar-refractivity contribution >= 4 is 46.5 Å². The first-order chi connectivity index (χ1) is 19.1. The van der Waals surface area contributed by atoms with Crippen molar-refractivity contribution in [2.45, 2.75) is 38.0 Å². The Morgan fingerprint density at radius 3 is 2.75 bits per heavy atom. The number of alkyl halides is 3. The molecule has 14 heteroatoms. The lowest BCUT2D eigenvalue weighted by Crippen LogP contribution is -2.50. The molecule has 2 aromatic rings. The highest BCUT2D eigenvalue weighted by Crippen LogP contribution is 2.27. The van der Waals surface area contributed by atoms with E-state index in [4.69, 9.17) is 27.9 Å². The maximum atomic E-state index is 13.3. The van der Waals surface area contributed by atoms with E-state index in [-0.39, 0.29) is 30.2 Å². The maximum absolute atomic E-state index is 13.3. The third-order valence-corrected chi connectivity index (χ3v) is 7.15. The minimum Gasteiger partial charge on any atom is -0.484 e. The van der Waals surface area contributed by atoms with E-state index in [0.29, 0.717) is 27.0 Å². The van der Waals surface area contributed by atoms with Crippen LogP contribution in [0.4, 0.5) is 18.9 Å². The van der Waals surface area contributed by atoms with Gasteiger partial charge in [0, 0.05) is 17.3 Å². The number of hydrogen-bond donors (Lipinski definition) is 2. The molecular weight excluding hydrogens is 570 g/mol. The molecule has 2 aliphatic heterocycles. The molecule has 2 atom stereocenters. The minimum absolute atomic E-state index is 0.000770. The number of likely N-dealkylation sites (tertiary alicyclic amines) is 1. The molecule has 1 fully saturated rings. The van der Waals surface area contributed by atoms with Gasteiger partial charge in [-0.1, -0.05) is 42.3 Å². The van der Waals surface area contributed by atoms with Gasteiger partial charge in [-0.15, -0.1) is 4.99 Å². The van der Waals surface area contributed by atoms with Gasteiger partial charge in [-0.25, -0.2) is 5.01 Å². The van der Waals surface area contributed by atoms with E-state index in [1.54, 1.807) is 30.5 Å². The second-order valence-corrected chi connectivity index (χ2v) is 9.95. The number of aliphatic imine (C=N–C) groups is 1. The zero-order chi connectivity index (χ0) is 28.9. The van der Waals surface area contributed by atoms with E-state index >= 15 is 0 Å². The smallest absolute Gasteiger partial charge is 0.422 e. The molecule has 0 spiro atoms. The van der Waals surface area contributed by atoms with Gasteiger partial charge in [0.1, 0.15) is 5.75 Å². The molecule has 212 valence electrons. The van der Waals surface area contributed by atoms with Crippen LogP contribution in [0.5, 0.6) is 5.75 Å². The Hall–Kier alpha value is -3.53. The molecule has 0 radical (unpaired) electrons. The molecule has 9 nitrogen and oxygen atoms in total. The number of halogens is 5. The van der Waals surface area contributed by atoms with E-state index in [9.17, 15) is 23.2 Å². The molecule has 2 aliphatic rings. The van der Waals surface area contributed by atoms with Gasteiger partial charge < -0.3 is 15.4 Å². The highest BCUT2D eigenvalue weighted by Gasteiger charge is 2.36. The third-order valence-electron chi connectivity index (χ3n) is 6.41. The van der Waals surface area contributed by atoms with Crippen molar-refractivity contribution in [3.8, 4) is 11.9 Å². The number of hydrogen-bond acceptors (Lipinski definition) is 6. The topological polar surface area (TPSA) is 105 Å². The molecule has 0 aromatic heterocycles. The molecule has 2 N–H and O–H groups in total. The summed E-state index contributed by atoms with van der Waals surface area (Å²) < 4.78 is 42.6. The van der Waals surface area contributed by atoms with E-state index in [1.165, 1.54) is 23.2 Å². The lowest BCUT2D eigenvalue weighted by Gasteiger charge is -2.25. The van der Waals surface area contributed by atoms with Crippen LogP contribution in [0.2, 0.25) is 10.0 Å². The number of hydrazone groups is 1. The Labute approximate surface area is 239 Å². The summed E-state index contributed by atoms with van der Waals surface area (Å²) in [5.41, 5.74) is 1.40. The first-order valence-electron chi connectivity index (χ1n) is 12.5. The number of benzene rings is 2. The van der Waals surface area contributed by atoms with Gasteiger partial charge >= 0.3 is 6.18 Å². The molecule has 1 amide bonds. The maximum Gasteiger partial charge on any atom is 0.422 e. The summed E-state index contributed by atoms with van der Waals surface area (Å²) in [4.78, 5) is 19.2. The van der Waals surface area contributed by atoms with Crippen LogP contribution in [-0.4, -0.2) is 72.0 Å². The molecule has 0 aliphatic carbocycles. The molecule has 0 bridgehead atoms. The summed E-state index contributed by atoms with van der Waals surface area (Å²) in [5.74, 6) is -0.164. The Morgan fingerprint density at radius 2 is 2.05 bits per heavy atom. The summed E-state index contributed by atoms with van der Waals surface area (Å²) in [6.07, 6.45) is -1.12. The SMILES string of the molecule is CCN1CCC[C@@H]1C(=O)NC1CN(C(=NC#N)Nc2cccc(OCC(F)(F)F)c2)N=C1c1ccc(Cl)c(Cl)c1. The van der Waals surface area contributed by atoms with Crippen LogP contribution in [-0.2, 0) is 4.79 Å². The standard InChI is InChI=1S/C26H26Cl2F3N7O2/c1-2-37-10-4-7-22(37)24(39)35-21-13-38(36-23(21)16-8-9-19(27)20(28)11-16)25(33-15-32)34-17-5-3-6-18(12-17)40-14-26(29,30)31/h3,5-6,8-9,11-12,21-22H,2,4,7,10,13-14H2,1H3,(H,33,34)(H,35,39)/t21?,22-/m1/s1. The third kappa shape index (κ3) is 7.35. The molecule has 2 aromatic carbocycles. The van der Waals surface area contributed by atoms with Crippen LogP contribution in [0, 0.1) is 11.5 Å². The number of guanidine groups is 1. The van der Waals surface area contributed by atoms with Crippen molar-refractivity contribution in [2.24, 2.45) is 10.1 Å². The highest BCUT2D eigenvalue weighted by atomic mass is 35.5. The summed E-state index contributed by atoms with van der Waals surface area (Å²) in [6, 6.07) is 9.92. The predicted octanol–water partition coefficient (Wildman–Crippen LogP) is 4.87. The van der Waals surface area contributed by atoms with Crippen molar-refractivity contribution < 1.29 is 22.7 Å². The summed E-state index contributed by atoms with van der Waals surface area (Å²) in [6.45, 7) is 2.27. The Kier molecular flexibility index (Phi) is 9.40. The van der Waals surface area contributed by atoms with Gasteiger partial charge in [0.15, 0.2) is 6.61 Å². The van der Waals surface area contributed by atoms with E-state index in [0.717, 1.165) is 25.9 Å². The number of carbonyl (C=O) groups is 1. The second-order valence-electron chi connectivity index (χ2n) is 9.14. The summed E-state index contributed by atoms with van der Waals surface area (Å²) in [7, 11) is 0. The number of ether oxygens (including phenoxy) is 1. The van der Waals surface area contributed by atoms with Crippen molar-refractivity contribution in [3.63, 3.8) is 0 Å². The van der Waals surface area contributed by atoms with Gasteiger partial charge in [0.25, 0.3) is 0 Å².